The molecule has 0 saturated carbocycles. The van der Waals surface area contributed by atoms with E-state index in [0.717, 1.165) is 16.7 Å². The van der Waals surface area contributed by atoms with E-state index in [4.69, 9.17) is 14.2 Å². The Morgan fingerprint density at radius 1 is 0.706 bits per heavy atom. The molecule has 6 heteroatoms. The molecule has 1 fully saturated rings. The second kappa shape index (κ2) is 12.7. The average molecular weight is 466 g/mol. The minimum Gasteiger partial charge on any atom is -0.393 e. The Bertz CT molecular complexity index is 960. The Morgan fingerprint density at radius 2 is 1.18 bits per heavy atom. The molecule has 34 heavy (non-hydrogen) atoms. The van der Waals surface area contributed by atoms with Crippen molar-refractivity contribution in [2.24, 2.45) is 0 Å². The number of hydrogen-bond acceptors (Lipinski definition) is 5. The Balaban J connectivity index is 1.48. The molecule has 1 saturated heterocycles. The number of nitrogens with one attached hydrogen (secondary N) is 1. The fraction of sp³-hybridized carbons (Fsp3) is 0.357. The zero-order chi connectivity index (χ0) is 23.6. The predicted octanol–water partition coefficient (Wildman–Crippen LogP) is 4.04. The minimum atomic E-state index is -1.48. The third-order valence-electron chi connectivity index (χ3n) is 6.02. The maximum Gasteiger partial charge on any atom is 0.141 e. The largest absolute Gasteiger partial charge is 0.393 e. The van der Waals surface area contributed by atoms with Gasteiger partial charge in [-0.15, -0.1) is 0 Å². The molecule has 0 aromatic heterocycles. The predicted molar refractivity (Wildman–Crippen MR) is 129 cm³/mol. The van der Waals surface area contributed by atoms with Crippen molar-refractivity contribution in [2.75, 3.05) is 13.2 Å². The van der Waals surface area contributed by atoms with Crippen LogP contribution in [0.1, 0.15) is 16.7 Å². The van der Waals surface area contributed by atoms with Crippen LogP contribution < -0.4 is 5.32 Å². The first-order valence-electron chi connectivity index (χ1n) is 11.7. The zero-order valence-corrected chi connectivity index (χ0v) is 19.1. The number of alkyl halides is 1. The highest BCUT2D eigenvalue weighted by atomic mass is 19.1. The molecular formula is C28H32FNO4. The van der Waals surface area contributed by atoms with Crippen LogP contribution in [0, 0.1) is 0 Å². The molecule has 1 aliphatic rings. The lowest BCUT2D eigenvalue weighted by Crippen LogP contribution is -2.44. The molecule has 5 atom stereocenters. The SMILES string of the molecule is OC[C@H](F)[C@@H]1N[C@@H](COCc2ccccc2)[C@H](OCc2ccccc2)[C@H]1OCc1ccccc1. The molecule has 1 aliphatic heterocycles. The fourth-order valence-corrected chi connectivity index (χ4v) is 4.26. The van der Waals surface area contributed by atoms with Gasteiger partial charge in [-0.05, 0) is 16.7 Å². The molecule has 3 aromatic carbocycles. The van der Waals surface area contributed by atoms with E-state index in [-0.39, 0.29) is 6.04 Å². The van der Waals surface area contributed by atoms with Gasteiger partial charge in [-0.2, -0.15) is 0 Å². The van der Waals surface area contributed by atoms with Gasteiger partial charge in [-0.1, -0.05) is 91.0 Å². The normalized spacial score (nSPS) is 23.1. The number of ether oxygens (including phenoxy) is 3. The molecule has 0 aliphatic carbocycles. The van der Waals surface area contributed by atoms with Crippen molar-refractivity contribution < 1.29 is 23.7 Å². The summed E-state index contributed by atoms with van der Waals surface area (Å²) in [5.41, 5.74) is 3.08. The maximum absolute atomic E-state index is 14.8. The highest BCUT2D eigenvalue weighted by Crippen LogP contribution is 2.27. The van der Waals surface area contributed by atoms with Gasteiger partial charge in [0.2, 0.25) is 0 Å². The number of hydrogen-bond donors (Lipinski definition) is 2. The van der Waals surface area contributed by atoms with Crippen LogP contribution in [0.15, 0.2) is 91.0 Å². The van der Waals surface area contributed by atoms with E-state index in [1.54, 1.807) is 0 Å². The van der Waals surface area contributed by atoms with Gasteiger partial charge in [0.15, 0.2) is 0 Å². The van der Waals surface area contributed by atoms with Crippen LogP contribution in [0.5, 0.6) is 0 Å². The lowest BCUT2D eigenvalue weighted by atomic mass is 10.0. The summed E-state index contributed by atoms with van der Waals surface area (Å²) in [4.78, 5) is 0. The van der Waals surface area contributed by atoms with E-state index in [2.05, 4.69) is 5.32 Å². The summed E-state index contributed by atoms with van der Waals surface area (Å²) in [6, 6.07) is 28.5. The Hall–Kier alpha value is -2.61. The lowest BCUT2D eigenvalue weighted by molar-refractivity contribution is -0.0923. The van der Waals surface area contributed by atoms with Crippen molar-refractivity contribution in [3.8, 4) is 0 Å². The van der Waals surface area contributed by atoms with Crippen LogP contribution in [0.2, 0.25) is 0 Å². The molecular weight excluding hydrogens is 433 g/mol. The summed E-state index contributed by atoms with van der Waals surface area (Å²) in [6.07, 6.45) is -2.52. The quantitative estimate of drug-likeness (QED) is 0.423. The Kier molecular flexibility index (Phi) is 9.19. The molecule has 180 valence electrons. The zero-order valence-electron chi connectivity index (χ0n) is 19.1. The highest BCUT2D eigenvalue weighted by Gasteiger charge is 2.48. The number of aliphatic hydroxyl groups is 1. The molecule has 5 nitrogen and oxygen atoms in total. The summed E-state index contributed by atoms with van der Waals surface area (Å²) in [6.45, 7) is 0.880. The highest BCUT2D eigenvalue weighted by molar-refractivity contribution is 5.16. The van der Waals surface area contributed by atoms with E-state index in [1.165, 1.54) is 0 Å². The smallest absolute Gasteiger partial charge is 0.141 e. The van der Waals surface area contributed by atoms with Gasteiger partial charge in [0.1, 0.15) is 18.4 Å². The number of benzene rings is 3. The minimum absolute atomic E-state index is 0.289. The first kappa shape index (κ1) is 24.5. The summed E-state index contributed by atoms with van der Waals surface area (Å²) in [7, 11) is 0. The standard InChI is InChI=1S/C28H32FNO4/c29-24(16-31)26-28(34-19-23-14-8-3-9-15-23)27(33-18-22-12-6-2-7-13-22)25(30-26)20-32-17-21-10-4-1-5-11-21/h1-15,24-28,30-31H,16-20H2/t24-,25-,26-,27-,28-/m0/s1. The van der Waals surface area contributed by atoms with Crippen molar-refractivity contribution in [2.45, 2.75) is 50.3 Å². The van der Waals surface area contributed by atoms with Crippen molar-refractivity contribution in [1.82, 2.24) is 5.32 Å². The van der Waals surface area contributed by atoms with Crippen LogP contribution >= 0.6 is 0 Å². The monoisotopic (exact) mass is 465 g/mol. The summed E-state index contributed by atoms with van der Waals surface area (Å²) in [5, 5.41) is 12.9. The lowest BCUT2D eigenvalue weighted by Gasteiger charge is -2.27. The number of aliphatic hydroxyl groups excluding tert-OH is 1. The first-order chi connectivity index (χ1) is 16.7. The maximum atomic E-state index is 14.8. The fourth-order valence-electron chi connectivity index (χ4n) is 4.26. The van der Waals surface area contributed by atoms with Gasteiger partial charge in [-0.25, -0.2) is 4.39 Å². The Labute approximate surface area is 200 Å². The first-order valence-corrected chi connectivity index (χ1v) is 11.7. The molecule has 0 radical (unpaired) electrons. The second-order valence-electron chi connectivity index (χ2n) is 8.52. The van der Waals surface area contributed by atoms with Gasteiger partial charge >= 0.3 is 0 Å². The van der Waals surface area contributed by atoms with Gasteiger partial charge < -0.3 is 24.6 Å². The molecule has 0 spiro atoms. The average Bonchev–Trinajstić information content (AvgIpc) is 3.24. The van der Waals surface area contributed by atoms with Crippen molar-refractivity contribution in [3.63, 3.8) is 0 Å². The molecule has 4 rings (SSSR count). The van der Waals surface area contributed by atoms with Crippen LogP contribution in [0.4, 0.5) is 4.39 Å². The second-order valence-corrected chi connectivity index (χ2v) is 8.52. The molecule has 3 aromatic rings. The molecule has 1 heterocycles. The molecule has 0 bridgehead atoms. The van der Waals surface area contributed by atoms with Crippen molar-refractivity contribution in [1.29, 1.82) is 0 Å². The molecule has 0 amide bonds. The topological polar surface area (TPSA) is 60.0 Å². The number of halogens is 1. The third kappa shape index (κ3) is 6.72. The van der Waals surface area contributed by atoms with Gasteiger partial charge in [0.25, 0.3) is 0 Å². The van der Waals surface area contributed by atoms with Crippen molar-refractivity contribution >= 4 is 0 Å². The van der Waals surface area contributed by atoms with E-state index in [1.807, 2.05) is 91.0 Å². The molecule has 2 N–H and O–H groups in total. The summed E-state index contributed by atoms with van der Waals surface area (Å²) < 4.78 is 33.3. The number of rotatable bonds is 12. The van der Waals surface area contributed by atoms with E-state index in [9.17, 15) is 9.50 Å². The van der Waals surface area contributed by atoms with E-state index >= 15 is 0 Å². The van der Waals surface area contributed by atoms with Gasteiger partial charge in [0.05, 0.1) is 45.1 Å². The van der Waals surface area contributed by atoms with E-state index < -0.39 is 31.0 Å². The van der Waals surface area contributed by atoms with Crippen LogP contribution in [-0.2, 0) is 34.0 Å². The van der Waals surface area contributed by atoms with E-state index in [0.29, 0.717) is 26.4 Å². The van der Waals surface area contributed by atoms with Crippen LogP contribution in [0.25, 0.3) is 0 Å². The third-order valence-corrected chi connectivity index (χ3v) is 6.02. The molecule has 0 unspecified atom stereocenters. The Morgan fingerprint density at radius 3 is 1.68 bits per heavy atom. The summed E-state index contributed by atoms with van der Waals surface area (Å²) in [5.74, 6) is 0. The van der Waals surface area contributed by atoms with Crippen molar-refractivity contribution in [3.05, 3.63) is 108 Å². The summed E-state index contributed by atoms with van der Waals surface area (Å²) >= 11 is 0. The van der Waals surface area contributed by atoms with Gasteiger partial charge in [-0.3, -0.25) is 0 Å². The van der Waals surface area contributed by atoms with Crippen LogP contribution in [0.3, 0.4) is 0 Å². The van der Waals surface area contributed by atoms with Crippen LogP contribution in [-0.4, -0.2) is 48.8 Å². The van der Waals surface area contributed by atoms with Gasteiger partial charge in [0, 0.05) is 0 Å².